The molecule has 0 aliphatic carbocycles. The molecule has 1 heterocycles. The Bertz CT molecular complexity index is 788. The van der Waals surface area contributed by atoms with Gasteiger partial charge >= 0.3 is 5.97 Å². The molecule has 0 saturated carbocycles. The lowest BCUT2D eigenvalue weighted by Gasteiger charge is -2.29. The fourth-order valence-electron chi connectivity index (χ4n) is 2.63. The molecule has 1 N–H and O–H groups in total. The maximum Gasteiger partial charge on any atom is 0.338 e. The maximum atomic E-state index is 12.2. The number of hydrogen-bond acceptors (Lipinski definition) is 5. The van der Waals surface area contributed by atoms with Gasteiger partial charge in [0.25, 0.3) is 5.91 Å². The summed E-state index contributed by atoms with van der Waals surface area (Å²) in [5.41, 5.74) is 1.65. The van der Waals surface area contributed by atoms with Crippen LogP contribution in [0.4, 0.5) is 5.69 Å². The average molecular weight is 366 g/mol. The van der Waals surface area contributed by atoms with Crippen molar-refractivity contribution in [1.29, 1.82) is 0 Å². The highest BCUT2D eigenvalue weighted by Gasteiger charge is 2.25. The number of amides is 1. The van der Waals surface area contributed by atoms with Crippen molar-refractivity contribution in [3.8, 4) is 0 Å². The number of fused-ring (bicyclic) bond motifs is 1. The van der Waals surface area contributed by atoms with Crippen molar-refractivity contribution in [2.24, 2.45) is 0 Å². The SMILES string of the molecule is C=CCNC(=O)[C@@H](C)OC(=O)c1ccc2c(c1)CCCN2S(C)(=O)=O. The molecule has 136 valence electrons. The average Bonchev–Trinajstić information content (AvgIpc) is 2.57. The first-order valence-corrected chi connectivity index (χ1v) is 9.79. The van der Waals surface area contributed by atoms with Crippen LogP contribution in [0, 0.1) is 0 Å². The van der Waals surface area contributed by atoms with Gasteiger partial charge in [0.2, 0.25) is 10.0 Å². The molecule has 1 atom stereocenters. The van der Waals surface area contributed by atoms with Gasteiger partial charge in [0, 0.05) is 13.1 Å². The Labute approximate surface area is 147 Å². The van der Waals surface area contributed by atoms with Crippen LogP contribution >= 0.6 is 0 Å². The van der Waals surface area contributed by atoms with Crippen molar-refractivity contribution in [3.05, 3.63) is 42.0 Å². The first-order valence-electron chi connectivity index (χ1n) is 7.94. The molecule has 1 aliphatic heterocycles. The predicted octanol–water partition coefficient (Wildman–Crippen LogP) is 1.25. The molecule has 8 heteroatoms. The Kier molecular flexibility index (Phi) is 5.84. The van der Waals surface area contributed by atoms with E-state index in [0.29, 0.717) is 31.6 Å². The van der Waals surface area contributed by atoms with Crippen LogP contribution in [-0.2, 0) is 26.0 Å². The van der Waals surface area contributed by atoms with E-state index in [-0.39, 0.29) is 5.56 Å². The summed E-state index contributed by atoms with van der Waals surface area (Å²) >= 11 is 0. The number of ether oxygens (including phenoxy) is 1. The zero-order valence-corrected chi connectivity index (χ0v) is 15.1. The minimum atomic E-state index is -3.36. The highest BCUT2D eigenvalue weighted by Crippen LogP contribution is 2.30. The second-order valence-electron chi connectivity index (χ2n) is 5.86. The van der Waals surface area contributed by atoms with Crippen LogP contribution in [0.25, 0.3) is 0 Å². The number of sulfonamides is 1. The number of esters is 1. The molecule has 1 aromatic rings. The van der Waals surface area contributed by atoms with Crippen molar-refractivity contribution in [2.45, 2.75) is 25.9 Å². The summed E-state index contributed by atoms with van der Waals surface area (Å²) in [4.78, 5) is 24.0. The Balaban J connectivity index is 2.15. The number of anilines is 1. The molecule has 0 radical (unpaired) electrons. The van der Waals surface area contributed by atoms with Gasteiger partial charge in [0.05, 0.1) is 17.5 Å². The Morgan fingerprint density at radius 2 is 2.16 bits per heavy atom. The largest absolute Gasteiger partial charge is 0.449 e. The molecular weight excluding hydrogens is 344 g/mol. The molecule has 0 aromatic heterocycles. The smallest absolute Gasteiger partial charge is 0.338 e. The summed E-state index contributed by atoms with van der Waals surface area (Å²) in [5.74, 6) is -1.03. The van der Waals surface area contributed by atoms with E-state index >= 15 is 0 Å². The third-order valence-electron chi connectivity index (χ3n) is 3.87. The van der Waals surface area contributed by atoms with Crippen LogP contribution in [0.2, 0.25) is 0 Å². The van der Waals surface area contributed by atoms with Crippen LogP contribution in [0.1, 0.15) is 29.3 Å². The Morgan fingerprint density at radius 1 is 1.44 bits per heavy atom. The summed E-state index contributed by atoms with van der Waals surface area (Å²) in [7, 11) is -3.36. The lowest BCUT2D eigenvalue weighted by Crippen LogP contribution is -2.36. The molecule has 0 bridgehead atoms. The van der Waals surface area contributed by atoms with Crippen molar-refractivity contribution in [3.63, 3.8) is 0 Å². The van der Waals surface area contributed by atoms with Crippen molar-refractivity contribution < 1.29 is 22.7 Å². The van der Waals surface area contributed by atoms with Gasteiger partial charge in [0.15, 0.2) is 6.10 Å². The molecular formula is C17H22N2O5S. The Morgan fingerprint density at radius 3 is 2.80 bits per heavy atom. The lowest BCUT2D eigenvalue weighted by molar-refractivity contribution is -0.128. The Hall–Kier alpha value is -2.35. The van der Waals surface area contributed by atoms with E-state index < -0.39 is 28.0 Å². The van der Waals surface area contributed by atoms with Crippen LogP contribution < -0.4 is 9.62 Å². The highest BCUT2D eigenvalue weighted by atomic mass is 32.2. The molecule has 1 aromatic carbocycles. The quantitative estimate of drug-likeness (QED) is 0.604. The third-order valence-corrected chi connectivity index (χ3v) is 5.05. The highest BCUT2D eigenvalue weighted by molar-refractivity contribution is 7.92. The van der Waals surface area contributed by atoms with E-state index in [1.807, 2.05) is 0 Å². The van der Waals surface area contributed by atoms with Gasteiger partial charge in [-0.25, -0.2) is 13.2 Å². The molecule has 0 spiro atoms. The number of aryl methyl sites for hydroxylation is 1. The van der Waals surface area contributed by atoms with E-state index in [1.165, 1.54) is 23.4 Å². The minimum absolute atomic E-state index is 0.289. The molecule has 1 amide bonds. The molecule has 0 saturated heterocycles. The summed E-state index contributed by atoms with van der Waals surface area (Å²) in [5, 5.41) is 2.55. The number of carbonyl (C=O) groups excluding carboxylic acids is 2. The van der Waals surface area contributed by atoms with Gasteiger partial charge in [-0.1, -0.05) is 6.08 Å². The normalized spacial score (nSPS) is 15.0. The zero-order valence-electron chi connectivity index (χ0n) is 14.3. The molecule has 7 nitrogen and oxygen atoms in total. The monoisotopic (exact) mass is 366 g/mol. The number of benzene rings is 1. The topological polar surface area (TPSA) is 92.8 Å². The van der Waals surface area contributed by atoms with E-state index in [9.17, 15) is 18.0 Å². The first kappa shape index (κ1) is 19.0. The number of rotatable bonds is 6. The summed E-state index contributed by atoms with van der Waals surface area (Å²) in [6, 6.07) is 4.75. The van der Waals surface area contributed by atoms with Crippen LogP contribution in [0.5, 0.6) is 0 Å². The minimum Gasteiger partial charge on any atom is -0.449 e. The standard InChI is InChI=1S/C17H22N2O5S/c1-4-9-18-16(20)12(2)24-17(21)14-7-8-15-13(11-14)6-5-10-19(15)25(3,22)23/h4,7-8,11-12H,1,5-6,9-10H2,2-3H3,(H,18,20)/t12-/m1/s1. The van der Waals surface area contributed by atoms with Gasteiger partial charge in [0.1, 0.15) is 0 Å². The van der Waals surface area contributed by atoms with Gasteiger partial charge in [-0.15, -0.1) is 6.58 Å². The van der Waals surface area contributed by atoms with Crippen molar-refractivity contribution in [1.82, 2.24) is 5.32 Å². The third kappa shape index (κ3) is 4.60. The van der Waals surface area contributed by atoms with E-state index in [1.54, 1.807) is 12.1 Å². The fraction of sp³-hybridized carbons (Fsp3) is 0.412. The molecule has 0 unspecified atom stereocenters. The number of hydrogen-bond donors (Lipinski definition) is 1. The molecule has 2 rings (SSSR count). The van der Waals surface area contributed by atoms with Crippen molar-refractivity contribution in [2.75, 3.05) is 23.7 Å². The second-order valence-corrected chi connectivity index (χ2v) is 7.77. The van der Waals surface area contributed by atoms with Gasteiger partial charge in [-0.2, -0.15) is 0 Å². The maximum absolute atomic E-state index is 12.2. The van der Waals surface area contributed by atoms with Crippen LogP contribution in [0.15, 0.2) is 30.9 Å². The van der Waals surface area contributed by atoms with Crippen molar-refractivity contribution >= 4 is 27.6 Å². The lowest BCUT2D eigenvalue weighted by atomic mass is 10.0. The predicted molar refractivity (Wildman–Crippen MR) is 95.0 cm³/mol. The van der Waals surface area contributed by atoms with E-state index in [4.69, 9.17) is 4.74 Å². The van der Waals surface area contributed by atoms with E-state index in [2.05, 4.69) is 11.9 Å². The van der Waals surface area contributed by atoms with Crippen LogP contribution in [0.3, 0.4) is 0 Å². The fourth-order valence-corrected chi connectivity index (χ4v) is 3.63. The molecule has 0 fully saturated rings. The van der Waals surface area contributed by atoms with E-state index in [0.717, 1.165) is 11.8 Å². The van der Waals surface area contributed by atoms with Crippen LogP contribution in [-0.4, -0.2) is 45.7 Å². The summed E-state index contributed by atoms with van der Waals surface area (Å²) in [6.07, 6.45) is 3.12. The van der Waals surface area contributed by atoms with Gasteiger partial charge in [-0.3, -0.25) is 9.10 Å². The van der Waals surface area contributed by atoms with Gasteiger partial charge in [-0.05, 0) is 43.5 Å². The number of carbonyl (C=O) groups is 2. The molecule has 25 heavy (non-hydrogen) atoms. The number of nitrogens with one attached hydrogen (secondary N) is 1. The zero-order chi connectivity index (χ0) is 18.6. The summed E-state index contributed by atoms with van der Waals surface area (Å²) in [6.45, 7) is 5.70. The molecule has 1 aliphatic rings. The number of nitrogens with zero attached hydrogens (tertiary/aromatic N) is 1. The second kappa shape index (κ2) is 7.69. The summed E-state index contributed by atoms with van der Waals surface area (Å²) < 4.78 is 30.2. The van der Waals surface area contributed by atoms with Gasteiger partial charge < -0.3 is 10.1 Å². The first-order chi connectivity index (χ1) is 11.7.